The van der Waals surface area contributed by atoms with E-state index in [0.29, 0.717) is 6.54 Å². The quantitative estimate of drug-likeness (QED) is 0.684. The second kappa shape index (κ2) is 7.77. The molecular weight excluding hydrogens is 374 g/mol. The van der Waals surface area contributed by atoms with Crippen molar-refractivity contribution in [1.29, 1.82) is 0 Å². The van der Waals surface area contributed by atoms with E-state index in [4.69, 9.17) is 14.5 Å². The maximum absolute atomic E-state index is 12.6. The number of hydrogen-bond donors (Lipinski definition) is 1. The number of para-hydroxylation sites is 1. The molecule has 2 atom stereocenters. The SMILES string of the molecule is C[C@H](NC(=O)CN(C)[C@@H](C)c1nc2ccccc2s1)c1ccc2c(c1)OCO2. The Labute approximate surface area is 168 Å². The highest BCUT2D eigenvalue weighted by molar-refractivity contribution is 7.18. The number of aromatic nitrogens is 1. The van der Waals surface area contributed by atoms with Gasteiger partial charge in [0.25, 0.3) is 0 Å². The molecule has 146 valence electrons. The molecule has 4 rings (SSSR count). The average Bonchev–Trinajstić information content (AvgIpc) is 3.32. The lowest BCUT2D eigenvalue weighted by atomic mass is 10.1. The van der Waals surface area contributed by atoms with Gasteiger partial charge in [-0.15, -0.1) is 11.3 Å². The van der Waals surface area contributed by atoms with E-state index >= 15 is 0 Å². The minimum Gasteiger partial charge on any atom is -0.454 e. The first-order chi connectivity index (χ1) is 13.5. The van der Waals surface area contributed by atoms with Crippen molar-refractivity contribution in [2.75, 3.05) is 20.4 Å². The van der Waals surface area contributed by atoms with Crippen LogP contribution in [-0.2, 0) is 4.79 Å². The summed E-state index contributed by atoms with van der Waals surface area (Å²) in [6.45, 7) is 4.58. The third kappa shape index (κ3) is 3.81. The van der Waals surface area contributed by atoms with Crippen molar-refractivity contribution < 1.29 is 14.3 Å². The van der Waals surface area contributed by atoms with Gasteiger partial charge < -0.3 is 14.8 Å². The van der Waals surface area contributed by atoms with Crippen LogP contribution >= 0.6 is 11.3 Å². The predicted octanol–water partition coefficient (Wildman–Crippen LogP) is 3.90. The molecule has 0 radical (unpaired) electrons. The molecule has 3 aromatic rings. The first-order valence-corrected chi connectivity index (χ1v) is 10.1. The Bertz CT molecular complexity index is 970. The van der Waals surface area contributed by atoms with Crippen LogP contribution in [0.2, 0.25) is 0 Å². The van der Waals surface area contributed by atoms with Crippen LogP contribution in [0.25, 0.3) is 10.2 Å². The van der Waals surface area contributed by atoms with Crippen molar-refractivity contribution in [3.05, 3.63) is 53.0 Å². The number of nitrogens with zero attached hydrogens (tertiary/aromatic N) is 2. The molecule has 6 nitrogen and oxygen atoms in total. The van der Waals surface area contributed by atoms with Gasteiger partial charge in [-0.2, -0.15) is 0 Å². The number of benzene rings is 2. The van der Waals surface area contributed by atoms with E-state index in [-0.39, 0.29) is 24.8 Å². The van der Waals surface area contributed by atoms with Gasteiger partial charge in [0.2, 0.25) is 12.7 Å². The summed E-state index contributed by atoms with van der Waals surface area (Å²) in [6, 6.07) is 13.8. The molecular formula is C21H23N3O3S. The highest BCUT2D eigenvalue weighted by atomic mass is 32.1. The molecule has 0 aliphatic carbocycles. The van der Waals surface area contributed by atoms with Gasteiger partial charge in [0, 0.05) is 0 Å². The van der Waals surface area contributed by atoms with Crippen LogP contribution in [0.15, 0.2) is 42.5 Å². The average molecular weight is 398 g/mol. The Balaban J connectivity index is 1.37. The molecule has 1 aliphatic rings. The van der Waals surface area contributed by atoms with Crippen LogP contribution in [-0.4, -0.2) is 36.2 Å². The van der Waals surface area contributed by atoms with Crippen LogP contribution in [0.5, 0.6) is 11.5 Å². The van der Waals surface area contributed by atoms with Gasteiger partial charge in [0.15, 0.2) is 11.5 Å². The molecule has 2 heterocycles. The number of fused-ring (bicyclic) bond motifs is 2. The van der Waals surface area contributed by atoms with Crippen molar-refractivity contribution in [3.63, 3.8) is 0 Å². The molecule has 0 bridgehead atoms. The molecule has 7 heteroatoms. The fourth-order valence-corrected chi connectivity index (χ4v) is 4.26. The minimum atomic E-state index is -0.117. The Morgan fingerprint density at radius 2 is 2.00 bits per heavy atom. The number of nitrogens with one attached hydrogen (secondary N) is 1. The van der Waals surface area contributed by atoms with E-state index in [9.17, 15) is 4.79 Å². The lowest BCUT2D eigenvalue weighted by molar-refractivity contribution is -0.123. The Morgan fingerprint density at radius 3 is 2.82 bits per heavy atom. The molecule has 28 heavy (non-hydrogen) atoms. The first kappa shape index (κ1) is 18.7. The van der Waals surface area contributed by atoms with Crippen LogP contribution in [0, 0.1) is 0 Å². The summed E-state index contributed by atoms with van der Waals surface area (Å²) < 4.78 is 11.9. The second-order valence-corrected chi connectivity index (χ2v) is 8.08. The summed E-state index contributed by atoms with van der Waals surface area (Å²) in [5.41, 5.74) is 1.99. The van der Waals surface area contributed by atoms with Crippen LogP contribution in [0.1, 0.15) is 36.5 Å². The van der Waals surface area contributed by atoms with E-state index in [1.54, 1.807) is 11.3 Å². The maximum atomic E-state index is 12.6. The van der Waals surface area contributed by atoms with Gasteiger partial charge >= 0.3 is 0 Å². The normalized spacial score (nSPS) is 15.0. The topological polar surface area (TPSA) is 63.7 Å². The molecule has 2 aromatic carbocycles. The molecule has 1 amide bonds. The third-order valence-electron chi connectivity index (χ3n) is 5.00. The summed E-state index contributed by atoms with van der Waals surface area (Å²) in [5, 5.41) is 4.07. The summed E-state index contributed by atoms with van der Waals surface area (Å²) >= 11 is 1.67. The number of hydrogen-bond acceptors (Lipinski definition) is 6. The Morgan fingerprint density at radius 1 is 1.21 bits per heavy atom. The van der Waals surface area contributed by atoms with Crippen LogP contribution in [0.4, 0.5) is 0 Å². The molecule has 1 aromatic heterocycles. The van der Waals surface area contributed by atoms with Gasteiger partial charge in [0.1, 0.15) is 5.01 Å². The van der Waals surface area contributed by atoms with E-state index in [1.165, 1.54) is 4.70 Å². The van der Waals surface area contributed by atoms with Crippen molar-refractivity contribution in [3.8, 4) is 11.5 Å². The molecule has 1 aliphatic heterocycles. The zero-order valence-electron chi connectivity index (χ0n) is 16.1. The number of rotatable bonds is 6. The smallest absolute Gasteiger partial charge is 0.234 e. The lowest BCUT2D eigenvalue weighted by Crippen LogP contribution is -2.37. The van der Waals surface area contributed by atoms with Crippen LogP contribution in [0.3, 0.4) is 0 Å². The molecule has 0 saturated carbocycles. The van der Waals surface area contributed by atoms with Crippen LogP contribution < -0.4 is 14.8 Å². The van der Waals surface area contributed by atoms with E-state index < -0.39 is 0 Å². The highest BCUT2D eigenvalue weighted by Gasteiger charge is 2.21. The molecule has 1 N–H and O–H groups in total. The first-order valence-electron chi connectivity index (χ1n) is 9.26. The van der Waals surface area contributed by atoms with Gasteiger partial charge in [0.05, 0.1) is 28.8 Å². The van der Waals surface area contributed by atoms with Crippen molar-refractivity contribution >= 4 is 27.5 Å². The van der Waals surface area contributed by atoms with Crippen molar-refractivity contribution in [2.24, 2.45) is 0 Å². The fourth-order valence-electron chi connectivity index (χ4n) is 3.17. The Kier molecular flexibility index (Phi) is 5.19. The zero-order valence-corrected chi connectivity index (χ0v) is 17.0. The van der Waals surface area contributed by atoms with Crippen molar-refractivity contribution in [2.45, 2.75) is 25.9 Å². The zero-order chi connectivity index (χ0) is 19.7. The monoisotopic (exact) mass is 397 g/mol. The third-order valence-corrected chi connectivity index (χ3v) is 6.20. The highest BCUT2D eigenvalue weighted by Crippen LogP contribution is 2.34. The van der Waals surface area contributed by atoms with Gasteiger partial charge in [-0.25, -0.2) is 4.98 Å². The maximum Gasteiger partial charge on any atom is 0.234 e. The van der Waals surface area contributed by atoms with Gasteiger partial charge in [-0.05, 0) is 50.7 Å². The minimum absolute atomic E-state index is 0.0272. The summed E-state index contributed by atoms with van der Waals surface area (Å²) in [6.07, 6.45) is 0. The summed E-state index contributed by atoms with van der Waals surface area (Å²) in [5.74, 6) is 1.44. The largest absolute Gasteiger partial charge is 0.454 e. The fraction of sp³-hybridized carbons (Fsp3) is 0.333. The molecule has 0 fully saturated rings. The number of ether oxygens (including phenoxy) is 2. The summed E-state index contributed by atoms with van der Waals surface area (Å²) in [4.78, 5) is 19.3. The van der Waals surface area contributed by atoms with E-state index in [2.05, 4.69) is 18.3 Å². The number of likely N-dealkylation sites (N-methyl/N-ethyl adjacent to an activating group) is 1. The molecule has 0 saturated heterocycles. The predicted molar refractivity (Wildman–Crippen MR) is 110 cm³/mol. The van der Waals surface area contributed by atoms with Gasteiger partial charge in [-0.1, -0.05) is 18.2 Å². The standard InChI is InChI=1S/C21H23N3O3S/c1-13(15-8-9-17-18(10-15)27-12-26-17)22-20(25)11-24(3)14(2)21-23-16-6-4-5-7-19(16)28-21/h4-10,13-14H,11-12H2,1-3H3,(H,22,25)/t13-,14-/m0/s1. The Hall–Kier alpha value is -2.64. The van der Waals surface area contributed by atoms with Crippen molar-refractivity contribution in [1.82, 2.24) is 15.2 Å². The number of carbonyl (C=O) groups is 1. The van der Waals surface area contributed by atoms with E-state index in [0.717, 1.165) is 27.6 Å². The number of carbonyl (C=O) groups excluding carboxylic acids is 1. The lowest BCUT2D eigenvalue weighted by Gasteiger charge is -2.23. The molecule has 0 spiro atoms. The number of thiazole rings is 1. The number of amides is 1. The second-order valence-electron chi connectivity index (χ2n) is 7.01. The van der Waals surface area contributed by atoms with Gasteiger partial charge in [-0.3, -0.25) is 9.69 Å². The summed E-state index contributed by atoms with van der Waals surface area (Å²) in [7, 11) is 1.95. The van der Waals surface area contributed by atoms with E-state index in [1.807, 2.05) is 55.3 Å². The molecule has 0 unspecified atom stereocenters.